The van der Waals surface area contributed by atoms with Crippen molar-refractivity contribution in [1.29, 1.82) is 0 Å². The van der Waals surface area contributed by atoms with Crippen molar-refractivity contribution in [1.82, 2.24) is 5.32 Å². The van der Waals surface area contributed by atoms with Crippen molar-refractivity contribution in [2.45, 2.75) is 39.4 Å². The molecule has 1 N–H and O–H groups in total. The van der Waals surface area contributed by atoms with Crippen molar-refractivity contribution in [2.75, 3.05) is 12.3 Å². The Bertz CT molecular complexity index is 388. The van der Waals surface area contributed by atoms with Crippen LogP contribution in [-0.4, -0.2) is 18.2 Å². The maximum absolute atomic E-state index is 11.7. The molecule has 1 aromatic rings. The van der Waals surface area contributed by atoms with Crippen LogP contribution in [0.1, 0.15) is 37.8 Å². The molecule has 0 fully saturated rings. The molecule has 0 unspecified atom stereocenters. The number of nitrogens with one attached hydrogen (secondary N) is 1. The minimum Gasteiger partial charge on any atom is -0.355 e. The first-order chi connectivity index (χ1) is 9.15. The van der Waals surface area contributed by atoms with Crippen molar-refractivity contribution in [3.8, 4) is 0 Å². The summed E-state index contributed by atoms with van der Waals surface area (Å²) in [6.45, 7) is 7.26. The minimum atomic E-state index is 0.157. The van der Waals surface area contributed by atoms with E-state index in [4.69, 9.17) is 0 Å². The van der Waals surface area contributed by atoms with Crippen molar-refractivity contribution in [2.24, 2.45) is 5.92 Å². The Morgan fingerprint density at radius 2 is 2.05 bits per heavy atom. The molecule has 0 atom stereocenters. The Morgan fingerprint density at radius 3 is 2.68 bits per heavy atom. The van der Waals surface area contributed by atoms with Gasteiger partial charge >= 0.3 is 0 Å². The lowest BCUT2D eigenvalue weighted by Crippen LogP contribution is -2.30. The van der Waals surface area contributed by atoms with Gasteiger partial charge in [0.1, 0.15) is 0 Å². The summed E-state index contributed by atoms with van der Waals surface area (Å²) >= 11 is 1.68. The molecule has 3 heteroatoms. The molecule has 2 nitrogen and oxygen atoms in total. The molecule has 1 amide bonds. The second-order valence-corrected chi connectivity index (χ2v) is 5.95. The highest BCUT2D eigenvalue weighted by molar-refractivity contribution is 7.99. The largest absolute Gasteiger partial charge is 0.355 e. The first-order valence-corrected chi connectivity index (χ1v) is 8.21. The second kappa shape index (κ2) is 9.03. The Kier molecular flexibility index (Phi) is 7.65. The normalized spacial score (nSPS) is 10.7. The molecular weight excluding hydrogens is 254 g/mol. The van der Waals surface area contributed by atoms with E-state index in [0.29, 0.717) is 11.7 Å². The standard InChI is InChI=1S/C16H25NOS/c1-4-14(5-2)10-17-16(18)12-19-11-15-8-6-7-13(3)9-15/h6-9,14H,4-5,10-12H2,1-3H3,(H,17,18). The number of benzene rings is 1. The minimum absolute atomic E-state index is 0.157. The Balaban J connectivity index is 2.20. The van der Waals surface area contributed by atoms with Gasteiger partial charge in [-0.15, -0.1) is 11.8 Å². The third-order valence-corrected chi connectivity index (χ3v) is 4.33. The van der Waals surface area contributed by atoms with Crippen LogP contribution in [0.5, 0.6) is 0 Å². The van der Waals surface area contributed by atoms with Gasteiger partial charge < -0.3 is 5.32 Å². The van der Waals surface area contributed by atoms with Gasteiger partial charge in [0, 0.05) is 12.3 Å². The van der Waals surface area contributed by atoms with Crippen LogP contribution in [0.4, 0.5) is 0 Å². The molecule has 0 aromatic heterocycles. The smallest absolute Gasteiger partial charge is 0.230 e. The van der Waals surface area contributed by atoms with Crippen molar-refractivity contribution >= 4 is 17.7 Å². The maximum Gasteiger partial charge on any atom is 0.230 e. The molecule has 1 aromatic carbocycles. The van der Waals surface area contributed by atoms with Crippen molar-refractivity contribution < 1.29 is 4.79 Å². The topological polar surface area (TPSA) is 29.1 Å². The highest BCUT2D eigenvalue weighted by Gasteiger charge is 2.06. The zero-order valence-electron chi connectivity index (χ0n) is 12.2. The molecule has 0 bridgehead atoms. The lowest BCUT2D eigenvalue weighted by Gasteiger charge is -2.13. The number of hydrogen-bond acceptors (Lipinski definition) is 2. The molecule has 0 spiro atoms. The van der Waals surface area contributed by atoms with Crippen LogP contribution in [0.15, 0.2) is 24.3 Å². The van der Waals surface area contributed by atoms with E-state index in [2.05, 4.69) is 50.4 Å². The molecule has 0 aliphatic rings. The van der Waals surface area contributed by atoms with Crippen molar-refractivity contribution in [3.05, 3.63) is 35.4 Å². The fraction of sp³-hybridized carbons (Fsp3) is 0.562. The summed E-state index contributed by atoms with van der Waals surface area (Å²) < 4.78 is 0. The summed E-state index contributed by atoms with van der Waals surface area (Å²) in [4.78, 5) is 11.7. The summed E-state index contributed by atoms with van der Waals surface area (Å²) in [6, 6.07) is 8.45. The van der Waals surface area contributed by atoms with Crippen LogP contribution in [0.25, 0.3) is 0 Å². The SMILES string of the molecule is CCC(CC)CNC(=O)CSCc1cccc(C)c1. The van der Waals surface area contributed by atoms with E-state index in [9.17, 15) is 4.79 Å². The van der Waals surface area contributed by atoms with E-state index < -0.39 is 0 Å². The molecule has 19 heavy (non-hydrogen) atoms. The van der Waals surface area contributed by atoms with Crippen molar-refractivity contribution in [3.63, 3.8) is 0 Å². The summed E-state index contributed by atoms with van der Waals surface area (Å²) in [5.74, 6) is 2.23. The van der Waals surface area contributed by atoms with Gasteiger partial charge in [0.05, 0.1) is 5.75 Å². The van der Waals surface area contributed by atoms with E-state index in [0.717, 1.165) is 25.1 Å². The van der Waals surface area contributed by atoms with E-state index >= 15 is 0 Å². The van der Waals surface area contributed by atoms with E-state index in [1.54, 1.807) is 11.8 Å². The van der Waals surface area contributed by atoms with Crippen LogP contribution in [-0.2, 0) is 10.5 Å². The fourth-order valence-electron chi connectivity index (χ4n) is 1.95. The van der Waals surface area contributed by atoms with Gasteiger partial charge in [0.15, 0.2) is 0 Å². The number of thioether (sulfide) groups is 1. The third kappa shape index (κ3) is 6.67. The average Bonchev–Trinajstić information content (AvgIpc) is 2.40. The Morgan fingerprint density at radius 1 is 1.32 bits per heavy atom. The monoisotopic (exact) mass is 279 g/mol. The van der Waals surface area contributed by atoms with Crippen LogP contribution < -0.4 is 5.32 Å². The predicted octanol–water partition coefficient (Wildman–Crippen LogP) is 3.78. The molecule has 106 valence electrons. The molecule has 0 heterocycles. The van der Waals surface area contributed by atoms with E-state index in [1.807, 2.05) is 0 Å². The number of hydrogen-bond donors (Lipinski definition) is 1. The number of amides is 1. The number of carbonyl (C=O) groups is 1. The fourth-order valence-corrected chi connectivity index (χ4v) is 2.75. The first-order valence-electron chi connectivity index (χ1n) is 7.05. The Hall–Kier alpha value is -0.960. The zero-order valence-corrected chi connectivity index (χ0v) is 13.1. The summed E-state index contributed by atoms with van der Waals surface area (Å²) in [5.41, 5.74) is 2.56. The summed E-state index contributed by atoms with van der Waals surface area (Å²) in [7, 11) is 0. The van der Waals surface area contributed by atoms with E-state index in [1.165, 1.54) is 11.1 Å². The molecule has 0 radical (unpaired) electrons. The highest BCUT2D eigenvalue weighted by Crippen LogP contribution is 2.13. The first kappa shape index (κ1) is 16.1. The van der Waals surface area contributed by atoms with Gasteiger partial charge in [0.2, 0.25) is 5.91 Å². The number of aryl methyl sites for hydroxylation is 1. The molecule has 0 aliphatic heterocycles. The van der Waals surface area contributed by atoms with Gasteiger partial charge in [-0.3, -0.25) is 4.79 Å². The van der Waals surface area contributed by atoms with Gasteiger partial charge in [-0.05, 0) is 18.4 Å². The molecule has 0 saturated carbocycles. The Labute approximate surface area is 121 Å². The molecule has 0 aliphatic carbocycles. The molecule has 1 rings (SSSR count). The lowest BCUT2D eigenvalue weighted by atomic mass is 10.0. The highest BCUT2D eigenvalue weighted by atomic mass is 32.2. The number of rotatable bonds is 8. The van der Waals surface area contributed by atoms with Gasteiger partial charge in [-0.2, -0.15) is 0 Å². The van der Waals surface area contributed by atoms with Gasteiger partial charge in [-0.25, -0.2) is 0 Å². The predicted molar refractivity (Wildman–Crippen MR) is 84.4 cm³/mol. The molecular formula is C16H25NOS. The molecule has 0 saturated heterocycles. The second-order valence-electron chi connectivity index (χ2n) is 4.97. The third-order valence-electron chi connectivity index (χ3n) is 3.33. The summed E-state index contributed by atoms with van der Waals surface area (Å²) in [6.07, 6.45) is 2.26. The van der Waals surface area contributed by atoms with Crippen LogP contribution in [0, 0.1) is 12.8 Å². The van der Waals surface area contributed by atoms with Crippen LogP contribution in [0.2, 0.25) is 0 Å². The zero-order chi connectivity index (χ0) is 14.1. The summed E-state index contributed by atoms with van der Waals surface area (Å²) in [5, 5.41) is 3.02. The lowest BCUT2D eigenvalue weighted by molar-refractivity contribution is -0.118. The average molecular weight is 279 g/mol. The van der Waals surface area contributed by atoms with Gasteiger partial charge in [-0.1, -0.05) is 56.5 Å². The van der Waals surface area contributed by atoms with Crippen LogP contribution in [0.3, 0.4) is 0 Å². The quantitative estimate of drug-likeness (QED) is 0.784. The maximum atomic E-state index is 11.7. The van der Waals surface area contributed by atoms with E-state index in [-0.39, 0.29) is 5.91 Å². The van der Waals surface area contributed by atoms with Gasteiger partial charge in [0.25, 0.3) is 0 Å². The van der Waals surface area contributed by atoms with Crippen LogP contribution >= 0.6 is 11.8 Å². The number of carbonyl (C=O) groups excluding carboxylic acids is 1.